The van der Waals surface area contributed by atoms with Gasteiger partial charge in [-0.15, -0.1) is 0 Å². The maximum absolute atomic E-state index is 12.0. The molecule has 0 fully saturated rings. The Hall–Kier alpha value is -2.28. The van der Waals surface area contributed by atoms with Gasteiger partial charge in [0.1, 0.15) is 0 Å². The molecule has 3 rings (SSSR count). The molecule has 5 heteroatoms. The van der Waals surface area contributed by atoms with Gasteiger partial charge in [-0.25, -0.2) is 0 Å². The number of aliphatic hydroxyl groups is 1. The summed E-state index contributed by atoms with van der Waals surface area (Å²) in [5, 5.41) is 14.3. The summed E-state index contributed by atoms with van der Waals surface area (Å²) in [7, 11) is 0.554. The molecule has 206 valence electrons. The SMILES string of the molecule is C=C(CO[Si](c1ccccc1)(c1ccccc1)C(C)(C)C)C(=C)CC1(O)CCC=C(C(OC)OC)C1(C)C. The lowest BCUT2D eigenvalue weighted by molar-refractivity contribution is -0.121. The minimum Gasteiger partial charge on any atom is -0.403 e. The first-order valence-electron chi connectivity index (χ1n) is 13.4. The maximum Gasteiger partial charge on any atom is 0.261 e. The van der Waals surface area contributed by atoms with E-state index in [-0.39, 0.29) is 5.04 Å². The van der Waals surface area contributed by atoms with E-state index in [2.05, 4.69) is 102 Å². The van der Waals surface area contributed by atoms with E-state index >= 15 is 0 Å². The van der Waals surface area contributed by atoms with Crippen LogP contribution in [0.4, 0.5) is 0 Å². The Bertz CT molecular complexity index is 1090. The molecule has 1 N–H and O–H groups in total. The van der Waals surface area contributed by atoms with Crippen molar-refractivity contribution in [1.82, 2.24) is 0 Å². The smallest absolute Gasteiger partial charge is 0.261 e. The molecule has 38 heavy (non-hydrogen) atoms. The minimum absolute atomic E-state index is 0.129. The predicted octanol–water partition coefficient (Wildman–Crippen LogP) is 6.16. The molecule has 0 radical (unpaired) electrons. The van der Waals surface area contributed by atoms with Gasteiger partial charge in [0, 0.05) is 26.1 Å². The monoisotopic (exact) mass is 534 g/mol. The summed E-state index contributed by atoms with van der Waals surface area (Å²) < 4.78 is 18.2. The van der Waals surface area contributed by atoms with Crippen molar-refractivity contribution >= 4 is 18.7 Å². The molecule has 0 bridgehead atoms. The van der Waals surface area contributed by atoms with Gasteiger partial charge >= 0.3 is 0 Å². The number of rotatable bonds is 11. The van der Waals surface area contributed by atoms with Gasteiger partial charge < -0.3 is 19.0 Å². The molecular formula is C33H46O4Si. The summed E-state index contributed by atoms with van der Waals surface area (Å²) in [5.41, 5.74) is 1.01. The third-order valence-corrected chi connectivity index (χ3v) is 13.4. The molecule has 2 aromatic carbocycles. The predicted molar refractivity (Wildman–Crippen MR) is 160 cm³/mol. The van der Waals surface area contributed by atoms with Gasteiger partial charge in [-0.05, 0) is 45.0 Å². The molecule has 0 amide bonds. The lowest BCUT2D eigenvalue weighted by Crippen LogP contribution is -2.66. The van der Waals surface area contributed by atoms with Crippen molar-refractivity contribution in [1.29, 1.82) is 0 Å². The van der Waals surface area contributed by atoms with Crippen LogP contribution in [0.1, 0.15) is 53.9 Å². The third-order valence-electron chi connectivity index (χ3n) is 8.37. The van der Waals surface area contributed by atoms with Crippen LogP contribution in [-0.2, 0) is 13.9 Å². The molecule has 0 aromatic heterocycles. The first kappa shape index (κ1) is 30.3. The normalized spacial score (nSPS) is 19.8. The van der Waals surface area contributed by atoms with Crippen LogP contribution in [0.3, 0.4) is 0 Å². The molecule has 2 aromatic rings. The Balaban J connectivity index is 1.88. The van der Waals surface area contributed by atoms with Crippen LogP contribution in [0.25, 0.3) is 0 Å². The van der Waals surface area contributed by atoms with Crippen LogP contribution in [0.15, 0.2) is 96.6 Å². The van der Waals surface area contributed by atoms with E-state index in [0.29, 0.717) is 19.4 Å². The standard InChI is InChI=1S/C33H46O4Si/c1-25(23-33(34)22-16-21-29(32(33,6)7)30(35-8)36-9)26(2)24-37-38(31(3,4)5,27-17-12-10-13-18-27)28-19-14-11-15-20-28/h10-15,17-21,30,34H,1-2,16,22-24H2,3-9H3. The van der Waals surface area contributed by atoms with Gasteiger partial charge in [0.15, 0.2) is 6.29 Å². The summed E-state index contributed by atoms with van der Waals surface area (Å²) >= 11 is 0. The lowest BCUT2D eigenvalue weighted by Gasteiger charge is -2.49. The fraction of sp³-hybridized carbons (Fsp3) is 0.455. The summed E-state index contributed by atoms with van der Waals surface area (Å²) in [5.74, 6) is 0. The van der Waals surface area contributed by atoms with Gasteiger partial charge in [0.05, 0.1) is 12.2 Å². The van der Waals surface area contributed by atoms with E-state index in [1.807, 2.05) is 12.1 Å². The highest BCUT2D eigenvalue weighted by Crippen LogP contribution is 2.50. The second-order valence-corrected chi connectivity index (χ2v) is 16.3. The van der Waals surface area contributed by atoms with Crippen LogP contribution < -0.4 is 10.4 Å². The molecule has 0 saturated heterocycles. The van der Waals surface area contributed by atoms with Crippen LogP contribution in [0.5, 0.6) is 0 Å². The van der Waals surface area contributed by atoms with E-state index in [4.69, 9.17) is 13.9 Å². The van der Waals surface area contributed by atoms with E-state index in [1.54, 1.807) is 14.2 Å². The summed E-state index contributed by atoms with van der Waals surface area (Å²) in [6.45, 7) is 20.0. The van der Waals surface area contributed by atoms with Gasteiger partial charge in [0.25, 0.3) is 8.32 Å². The Morgan fingerprint density at radius 3 is 1.87 bits per heavy atom. The van der Waals surface area contributed by atoms with Crippen molar-refractivity contribution in [2.75, 3.05) is 20.8 Å². The zero-order valence-electron chi connectivity index (χ0n) is 24.3. The first-order chi connectivity index (χ1) is 17.8. The molecule has 0 saturated carbocycles. The number of ether oxygens (including phenoxy) is 2. The molecule has 0 heterocycles. The zero-order valence-corrected chi connectivity index (χ0v) is 25.3. The largest absolute Gasteiger partial charge is 0.403 e. The Labute approximate surface area is 231 Å². The number of hydrogen-bond donors (Lipinski definition) is 1. The third kappa shape index (κ3) is 5.68. The summed E-state index contributed by atoms with van der Waals surface area (Å²) in [4.78, 5) is 0. The molecule has 1 unspecified atom stereocenters. The highest BCUT2D eigenvalue weighted by molar-refractivity contribution is 6.99. The van der Waals surface area contributed by atoms with E-state index in [0.717, 1.165) is 23.1 Å². The van der Waals surface area contributed by atoms with Crippen LogP contribution in [0, 0.1) is 5.41 Å². The van der Waals surface area contributed by atoms with Crippen LogP contribution in [-0.4, -0.2) is 46.1 Å². The Morgan fingerprint density at radius 1 is 0.921 bits per heavy atom. The van der Waals surface area contributed by atoms with Gasteiger partial charge in [0.2, 0.25) is 0 Å². The molecule has 1 atom stereocenters. The van der Waals surface area contributed by atoms with Gasteiger partial charge in [-0.1, -0.05) is 115 Å². The number of allylic oxidation sites excluding steroid dienone is 1. The highest BCUT2D eigenvalue weighted by Gasteiger charge is 2.51. The molecule has 0 spiro atoms. The van der Waals surface area contributed by atoms with E-state index in [1.165, 1.54) is 10.4 Å². The molecule has 0 aliphatic heterocycles. The number of methoxy groups -OCH3 is 2. The molecule has 4 nitrogen and oxygen atoms in total. The zero-order chi connectivity index (χ0) is 28.2. The van der Waals surface area contributed by atoms with Crippen molar-refractivity contribution in [2.45, 2.75) is 70.8 Å². The van der Waals surface area contributed by atoms with Crippen molar-refractivity contribution in [3.05, 3.63) is 96.6 Å². The fourth-order valence-corrected chi connectivity index (χ4v) is 10.4. The Morgan fingerprint density at radius 2 is 1.42 bits per heavy atom. The lowest BCUT2D eigenvalue weighted by atomic mass is 9.61. The minimum atomic E-state index is -2.70. The van der Waals surface area contributed by atoms with Crippen LogP contribution >= 0.6 is 0 Å². The topological polar surface area (TPSA) is 47.9 Å². The van der Waals surface area contributed by atoms with Crippen LogP contribution in [0.2, 0.25) is 5.04 Å². The number of benzene rings is 2. The van der Waals surface area contributed by atoms with Crippen molar-refractivity contribution in [3.63, 3.8) is 0 Å². The average molecular weight is 535 g/mol. The van der Waals surface area contributed by atoms with Gasteiger partial charge in [-0.3, -0.25) is 0 Å². The molecule has 1 aliphatic carbocycles. The fourth-order valence-electron chi connectivity index (χ4n) is 5.89. The van der Waals surface area contributed by atoms with E-state index in [9.17, 15) is 5.11 Å². The van der Waals surface area contributed by atoms with Crippen molar-refractivity contribution in [3.8, 4) is 0 Å². The van der Waals surface area contributed by atoms with Gasteiger partial charge in [-0.2, -0.15) is 0 Å². The van der Waals surface area contributed by atoms with E-state index < -0.39 is 25.6 Å². The summed E-state index contributed by atoms with van der Waals surface area (Å²) in [6, 6.07) is 21.2. The maximum atomic E-state index is 12.0. The average Bonchev–Trinajstić information content (AvgIpc) is 2.88. The quantitative estimate of drug-likeness (QED) is 0.162. The van der Waals surface area contributed by atoms with Crippen molar-refractivity contribution in [2.24, 2.45) is 5.41 Å². The number of hydrogen-bond acceptors (Lipinski definition) is 4. The second-order valence-electron chi connectivity index (χ2n) is 12.0. The molecule has 1 aliphatic rings. The van der Waals surface area contributed by atoms with Crippen molar-refractivity contribution < 1.29 is 19.0 Å². The second kappa shape index (κ2) is 11.8. The first-order valence-corrected chi connectivity index (χ1v) is 15.3. The Kier molecular flexibility index (Phi) is 9.43. The molecular weight excluding hydrogens is 488 g/mol. The summed E-state index contributed by atoms with van der Waals surface area (Å²) in [6.07, 6.45) is 3.42. The highest BCUT2D eigenvalue weighted by atomic mass is 28.4.